The normalized spacial score (nSPS) is 22.0. The van der Waals surface area contributed by atoms with Crippen molar-refractivity contribution in [2.24, 2.45) is 11.8 Å². The Kier molecular flexibility index (Phi) is 4.18. The molecular weight excluding hydrogens is 208 g/mol. The minimum absolute atomic E-state index is 0.0123. The van der Waals surface area contributed by atoms with E-state index in [1.807, 2.05) is 0 Å². The van der Waals surface area contributed by atoms with Gasteiger partial charge in [-0.05, 0) is 18.3 Å². The zero-order chi connectivity index (χ0) is 12.1. The minimum atomic E-state index is -1.06. The zero-order valence-electron chi connectivity index (χ0n) is 9.27. The van der Waals surface area contributed by atoms with Gasteiger partial charge in [-0.15, -0.1) is 6.42 Å². The average molecular weight is 224 g/mol. The van der Waals surface area contributed by atoms with Crippen LogP contribution in [0.2, 0.25) is 0 Å². The number of urea groups is 1. The van der Waals surface area contributed by atoms with Gasteiger partial charge in [-0.1, -0.05) is 12.8 Å². The smallest absolute Gasteiger partial charge is 0.323 e. The Balaban J connectivity index is 2.34. The van der Waals surface area contributed by atoms with E-state index in [1.54, 1.807) is 0 Å². The van der Waals surface area contributed by atoms with Crippen molar-refractivity contribution < 1.29 is 14.7 Å². The van der Waals surface area contributed by atoms with Crippen LogP contribution in [-0.4, -0.2) is 41.6 Å². The molecule has 0 aliphatic heterocycles. The molecule has 0 saturated heterocycles. The Hall–Kier alpha value is -1.70. The van der Waals surface area contributed by atoms with Crippen LogP contribution in [0.3, 0.4) is 0 Å². The molecule has 0 radical (unpaired) electrons. The molecule has 2 N–H and O–H groups in total. The van der Waals surface area contributed by atoms with Gasteiger partial charge in [0.25, 0.3) is 0 Å². The summed E-state index contributed by atoms with van der Waals surface area (Å²) in [4.78, 5) is 23.2. The van der Waals surface area contributed by atoms with Crippen molar-refractivity contribution in [2.75, 3.05) is 19.6 Å². The van der Waals surface area contributed by atoms with Crippen molar-refractivity contribution in [3.63, 3.8) is 0 Å². The maximum absolute atomic E-state index is 11.6. The van der Waals surface area contributed by atoms with E-state index in [1.165, 1.54) is 0 Å². The summed E-state index contributed by atoms with van der Waals surface area (Å²) >= 11 is 0. The van der Waals surface area contributed by atoms with E-state index < -0.39 is 12.0 Å². The van der Waals surface area contributed by atoms with Crippen molar-refractivity contribution in [3.8, 4) is 12.3 Å². The van der Waals surface area contributed by atoms with Crippen molar-refractivity contribution in [3.05, 3.63) is 0 Å². The molecule has 5 nitrogen and oxygen atoms in total. The number of carboxylic acids is 1. The highest BCUT2D eigenvalue weighted by Gasteiger charge is 2.32. The van der Waals surface area contributed by atoms with Crippen LogP contribution in [0.15, 0.2) is 0 Å². The SMILES string of the molecule is C#CCN(CC(=O)O)C(=O)NCC1CC1C. The van der Waals surface area contributed by atoms with Crippen LogP contribution >= 0.6 is 0 Å². The van der Waals surface area contributed by atoms with E-state index in [0.717, 1.165) is 11.3 Å². The van der Waals surface area contributed by atoms with Gasteiger partial charge in [-0.3, -0.25) is 4.79 Å². The highest BCUT2D eigenvalue weighted by Crippen LogP contribution is 2.36. The predicted octanol–water partition coefficient (Wildman–Crippen LogP) is 0.372. The molecule has 1 rings (SSSR count). The Labute approximate surface area is 94.8 Å². The van der Waals surface area contributed by atoms with Crippen molar-refractivity contribution in [2.45, 2.75) is 13.3 Å². The summed E-state index contributed by atoms with van der Waals surface area (Å²) in [5.74, 6) is 2.39. The van der Waals surface area contributed by atoms with E-state index in [-0.39, 0.29) is 13.1 Å². The third-order valence-electron chi connectivity index (χ3n) is 2.69. The van der Waals surface area contributed by atoms with E-state index >= 15 is 0 Å². The van der Waals surface area contributed by atoms with E-state index in [0.29, 0.717) is 18.4 Å². The molecule has 0 aromatic carbocycles. The van der Waals surface area contributed by atoms with Crippen molar-refractivity contribution in [1.82, 2.24) is 10.2 Å². The summed E-state index contributed by atoms with van der Waals surface area (Å²) < 4.78 is 0. The van der Waals surface area contributed by atoms with Crippen molar-refractivity contribution in [1.29, 1.82) is 0 Å². The molecule has 1 fully saturated rings. The first-order valence-electron chi connectivity index (χ1n) is 5.22. The second-order valence-electron chi connectivity index (χ2n) is 4.11. The maximum Gasteiger partial charge on any atom is 0.323 e. The third-order valence-corrected chi connectivity index (χ3v) is 2.69. The Morgan fingerprint density at radius 3 is 2.69 bits per heavy atom. The lowest BCUT2D eigenvalue weighted by Gasteiger charge is -2.18. The van der Waals surface area contributed by atoms with Gasteiger partial charge in [0.05, 0.1) is 6.54 Å². The first-order chi connectivity index (χ1) is 7.54. The quantitative estimate of drug-likeness (QED) is 0.663. The molecule has 1 saturated carbocycles. The molecule has 16 heavy (non-hydrogen) atoms. The molecule has 0 bridgehead atoms. The summed E-state index contributed by atoms with van der Waals surface area (Å²) in [6.07, 6.45) is 6.19. The number of nitrogens with one attached hydrogen (secondary N) is 1. The molecular formula is C11H16N2O3. The lowest BCUT2D eigenvalue weighted by molar-refractivity contribution is -0.137. The summed E-state index contributed by atoms with van der Waals surface area (Å²) in [5, 5.41) is 11.3. The molecule has 5 heteroatoms. The fraction of sp³-hybridized carbons (Fsp3) is 0.636. The summed E-state index contributed by atoms with van der Waals surface area (Å²) in [5.41, 5.74) is 0. The number of hydrogen-bond donors (Lipinski definition) is 2. The monoisotopic (exact) mass is 224 g/mol. The summed E-state index contributed by atoms with van der Waals surface area (Å²) in [7, 11) is 0. The van der Waals surface area contributed by atoms with Gasteiger partial charge in [0, 0.05) is 6.54 Å². The number of aliphatic carboxylic acids is 1. The molecule has 0 aromatic heterocycles. The first kappa shape index (κ1) is 12.4. The van der Waals surface area contributed by atoms with Gasteiger partial charge in [-0.25, -0.2) is 4.79 Å². The van der Waals surface area contributed by atoms with Crippen LogP contribution in [0, 0.1) is 24.2 Å². The van der Waals surface area contributed by atoms with Gasteiger partial charge in [-0.2, -0.15) is 0 Å². The molecule has 0 aromatic rings. The van der Waals surface area contributed by atoms with Crippen LogP contribution in [0.4, 0.5) is 4.79 Å². The van der Waals surface area contributed by atoms with Crippen LogP contribution in [0.25, 0.3) is 0 Å². The minimum Gasteiger partial charge on any atom is -0.480 e. The second-order valence-corrected chi connectivity index (χ2v) is 4.11. The maximum atomic E-state index is 11.6. The number of carbonyl (C=O) groups excluding carboxylic acids is 1. The highest BCUT2D eigenvalue weighted by molar-refractivity contribution is 5.80. The average Bonchev–Trinajstić information content (AvgIpc) is 2.90. The predicted molar refractivity (Wildman–Crippen MR) is 58.7 cm³/mol. The lowest BCUT2D eigenvalue weighted by Crippen LogP contribution is -2.43. The van der Waals surface area contributed by atoms with Crippen LogP contribution in [0.1, 0.15) is 13.3 Å². The zero-order valence-corrected chi connectivity index (χ0v) is 9.27. The largest absolute Gasteiger partial charge is 0.480 e. The Bertz CT molecular complexity index is 322. The fourth-order valence-corrected chi connectivity index (χ4v) is 1.49. The van der Waals surface area contributed by atoms with Gasteiger partial charge in [0.2, 0.25) is 0 Å². The van der Waals surface area contributed by atoms with Gasteiger partial charge in [0.1, 0.15) is 6.54 Å². The molecule has 1 aliphatic carbocycles. The molecule has 88 valence electrons. The fourth-order valence-electron chi connectivity index (χ4n) is 1.49. The number of nitrogens with zero attached hydrogens (tertiary/aromatic N) is 1. The number of rotatable bonds is 5. The highest BCUT2D eigenvalue weighted by atomic mass is 16.4. The molecule has 2 amide bonds. The van der Waals surface area contributed by atoms with Crippen LogP contribution in [0.5, 0.6) is 0 Å². The number of terminal acetylenes is 1. The van der Waals surface area contributed by atoms with Crippen LogP contribution in [-0.2, 0) is 4.79 Å². The summed E-state index contributed by atoms with van der Waals surface area (Å²) in [6, 6.07) is -0.403. The third kappa shape index (κ3) is 3.81. The molecule has 1 aliphatic rings. The number of amides is 2. The second kappa shape index (κ2) is 5.40. The Morgan fingerprint density at radius 2 is 2.25 bits per heavy atom. The summed E-state index contributed by atoms with van der Waals surface area (Å²) in [6.45, 7) is 2.36. The Morgan fingerprint density at radius 1 is 1.62 bits per heavy atom. The van der Waals surface area contributed by atoms with Crippen LogP contribution < -0.4 is 5.32 Å². The lowest BCUT2D eigenvalue weighted by atomic mass is 10.3. The first-order valence-corrected chi connectivity index (χ1v) is 5.22. The van der Waals surface area contributed by atoms with Gasteiger partial charge >= 0.3 is 12.0 Å². The van der Waals surface area contributed by atoms with Gasteiger partial charge < -0.3 is 15.3 Å². The van der Waals surface area contributed by atoms with E-state index in [4.69, 9.17) is 11.5 Å². The van der Waals surface area contributed by atoms with Crippen molar-refractivity contribution >= 4 is 12.0 Å². The van der Waals surface area contributed by atoms with E-state index in [9.17, 15) is 9.59 Å². The standard InChI is InChI=1S/C11H16N2O3/c1-3-4-13(7-10(14)15)11(16)12-6-9-5-8(9)2/h1,8-9H,4-7H2,2H3,(H,12,16)(H,14,15). The number of carbonyl (C=O) groups is 2. The molecule has 2 unspecified atom stereocenters. The number of hydrogen-bond acceptors (Lipinski definition) is 2. The van der Waals surface area contributed by atoms with E-state index in [2.05, 4.69) is 18.2 Å². The molecule has 0 spiro atoms. The molecule has 0 heterocycles. The van der Waals surface area contributed by atoms with Gasteiger partial charge in [0.15, 0.2) is 0 Å². The topological polar surface area (TPSA) is 69.6 Å². The molecule has 2 atom stereocenters. The number of carboxylic acid groups (broad SMARTS) is 1.